The van der Waals surface area contributed by atoms with Crippen molar-refractivity contribution in [2.75, 3.05) is 37.5 Å². The van der Waals surface area contributed by atoms with Crippen LogP contribution in [0.4, 0.5) is 11.4 Å². The standard InChI is InChI=1S/C30H37N3O6S/c1-4-39-22-13-9-19(10-14-22)31-26(35)23-24-28(37)33(17-5-6-18-34)25(30(24)16-15-29(23,2)40-30)27(36)32-20-7-11-21(38-3)12-8-20/h7-14,23-25,34H,4-6,15-18H2,1-3H3,(H,31,35)(H,32,36)/t23-,24+,25?,29+,30?/m1/s1. The number of ether oxygens (including phenoxy) is 2. The highest BCUT2D eigenvalue weighted by molar-refractivity contribution is 8.02. The zero-order chi connectivity index (χ0) is 28.5. The van der Waals surface area contributed by atoms with Crippen LogP contribution in [0.3, 0.4) is 0 Å². The van der Waals surface area contributed by atoms with Crippen LogP contribution in [0.25, 0.3) is 0 Å². The lowest BCUT2D eigenvalue weighted by molar-refractivity contribution is -0.139. The largest absolute Gasteiger partial charge is 0.497 e. The normalized spacial score (nSPS) is 28.4. The smallest absolute Gasteiger partial charge is 0.248 e. The van der Waals surface area contributed by atoms with Crippen LogP contribution in [0.2, 0.25) is 0 Å². The summed E-state index contributed by atoms with van der Waals surface area (Å²) in [6, 6.07) is 13.6. The number of amides is 3. The van der Waals surface area contributed by atoms with Crippen LogP contribution < -0.4 is 20.1 Å². The van der Waals surface area contributed by atoms with Crippen molar-refractivity contribution in [3.8, 4) is 11.5 Å². The summed E-state index contributed by atoms with van der Waals surface area (Å²) >= 11 is 1.63. The molecule has 2 aromatic carbocycles. The SMILES string of the molecule is CCOc1ccc(NC(=O)[C@H]2[C@H]3C(=O)N(CCCCO)C(C(=O)Nc4ccc(OC)cc4)C34CC[C@]2(C)S4)cc1. The van der Waals surface area contributed by atoms with Crippen LogP contribution in [-0.4, -0.2) is 70.1 Å². The number of aliphatic hydroxyl groups is 1. The van der Waals surface area contributed by atoms with E-state index < -0.39 is 27.4 Å². The lowest BCUT2D eigenvalue weighted by Crippen LogP contribution is -2.51. The number of nitrogens with zero attached hydrogens (tertiary/aromatic N) is 1. The van der Waals surface area contributed by atoms with Crippen LogP contribution in [0.5, 0.6) is 11.5 Å². The van der Waals surface area contributed by atoms with Gasteiger partial charge in [-0.2, -0.15) is 0 Å². The van der Waals surface area contributed by atoms with Crippen molar-refractivity contribution in [1.82, 2.24) is 4.90 Å². The molecule has 3 heterocycles. The molecule has 3 N–H and O–H groups in total. The van der Waals surface area contributed by atoms with E-state index in [2.05, 4.69) is 17.6 Å². The maximum atomic E-state index is 14.1. The molecule has 10 heteroatoms. The van der Waals surface area contributed by atoms with Crippen LogP contribution in [0.15, 0.2) is 48.5 Å². The highest BCUT2D eigenvalue weighted by Crippen LogP contribution is 2.71. The highest BCUT2D eigenvalue weighted by Gasteiger charge is 2.77. The third-order valence-corrected chi connectivity index (χ3v) is 10.4. The van der Waals surface area contributed by atoms with Crippen LogP contribution in [0.1, 0.15) is 39.5 Å². The Morgan fingerprint density at radius 3 is 2.23 bits per heavy atom. The summed E-state index contributed by atoms with van der Waals surface area (Å²) in [6.07, 6.45) is 2.51. The second-order valence-electron chi connectivity index (χ2n) is 10.9. The number of thioether (sulfide) groups is 1. The van der Waals surface area contributed by atoms with Crippen molar-refractivity contribution in [3.05, 3.63) is 48.5 Å². The fraction of sp³-hybridized carbons (Fsp3) is 0.500. The van der Waals surface area contributed by atoms with E-state index in [0.717, 1.165) is 12.2 Å². The number of fused-ring (bicyclic) bond motifs is 1. The first-order valence-corrected chi connectivity index (χ1v) is 14.7. The lowest BCUT2D eigenvalue weighted by atomic mass is 9.66. The number of rotatable bonds is 11. The van der Waals surface area contributed by atoms with Gasteiger partial charge >= 0.3 is 0 Å². The van der Waals surface area contributed by atoms with Gasteiger partial charge in [-0.3, -0.25) is 14.4 Å². The Morgan fingerprint density at radius 2 is 1.62 bits per heavy atom. The van der Waals surface area contributed by atoms with Gasteiger partial charge in [-0.05, 0) is 88.1 Å². The van der Waals surface area contributed by atoms with Crippen molar-refractivity contribution >= 4 is 40.9 Å². The molecule has 3 amide bonds. The molecule has 40 heavy (non-hydrogen) atoms. The van der Waals surface area contributed by atoms with E-state index in [9.17, 15) is 19.5 Å². The molecule has 0 aliphatic carbocycles. The molecule has 2 aromatic rings. The van der Waals surface area contributed by atoms with E-state index in [1.807, 2.05) is 6.92 Å². The first-order valence-electron chi connectivity index (χ1n) is 13.9. The monoisotopic (exact) mass is 567 g/mol. The zero-order valence-electron chi connectivity index (χ0n) is 23.1. The van der Waals surface area contributed by atoms with Crippen molar-refractivity contribution in [2.45, 2.75) is 55.1 Å². The maximum absolute atomic E-state index is 14.1. The Balaban J connectivity index is 1.43. The highest BCUT2D eigenvalue weighted by atomic mass is 32.2. The van der Waals surface area contributed by atoms with Crippen LogP contribution in [0, 0.1) is 11.8 Å². The number of anilines is 2. The number of hydrogen-bond acceptors (Lipinski definition) is 7. The molecule has 9 nitrogen and oxygen atoms in total. The van der Waals surface area contributed by atoms with E-state index in [-0.39, 0.29) is 24.3 Å². The molecule has 3 aliphatic heterocycles. The minimum Gasteiger partial charge on any atom is -0.497 e. The van der Waals surface area contributed by atoms with E-state index >= 15 is 0 Å². The number of likely N-dealkylation sites (tertiary alicyclic amines) is 1. The predicted molar refractivity (Wildman–Crippen MR) is 155 cm³/mol. The van der Waals surface area contributed by atoms with Crippen molar-refractivity contribution in [2.24, 2.45) is 11.8 Å². The molecule has 2 bridgehead atoms. The third-order valence-electron chi connectivity index (χ3n) is 8.40. The van der Waals surface area contributed by atoms with Crippen LogP contribution >= 0.6 is 11.8 Å². The summed E-state index contributed by atoms with van der Waals surface area (Å²) in [6.45, 7) is 4.88. The van der Waals surface area contributed by atoms with Gasteiger partial charge in [0.25, 0.3) is 0 Å². The molecule has 2 unspecified atom stereocenters. The Kier molecular flexibility index (Phi) is 8.01. The molecular weight excluding hydrogens is 530 g/mol. The number of unbranched alkanes of at least 4 members (excludes halogenated alkanes) is 1. The summed E-state index contributed by atoms with van der Waals surface area (Å²) in [5, 5.41) is 15.4. The van der Waals surface area contributed by atoms with Gasteiger partial charge < -0.3 is 30.1 Å². The van der Waals surface area contributed by atoms with Crippen molar-refractivity contribution < 1.29 is 29.0 Å². The van der Waals surface area contributed by atoms with Gasteiger partial charge in [-0.25, -0.2) is 0 Å². The summed E-state index contributed by atoms with van der Waals surface area (Å²) in [7, 11) is 1.58. The fourth-order valence-corrected chi connectivity index (χ4v) is 9.02. The summed E-state index contributed by atoms with van der Waals surface area (Å²) < 4.78 is 9.56. The Hall–Kier alpha value is -3.24. The Labute approximate surface area is 239 Å². The number of benzene rings is 2. The maximum Gasteiger partial charge on any atom is 0.248 e. The molecule has 3 fully saturated rings. The van der Waals surface area contributed by atoms with E-state index in [0.29, 0.717) is 49.5 Å². The molecule has 1 spiro atoms. The summed E-state index contributed by atoms with van der Waals surface area (Å²) in [5.41, 5.74) is 1.25. The van der Waals surface area contributed by atoms with Gasteiger partial charge in [0, 0.05) is 29.3 Å². The summed E-state index contributed by atoms with van der Waals surface area (Å²) in [4.78, 5) is 43.5. The predicted octanol–water partition coefficient (Wildman–Crippen LogP) is 3.92. The number of hydrogen-bond donors (Lipinski definition) is 3. The van der Waals surface area contributed by atoms with Crippen LogP contribution in [-0.2, 0) is 14.4 Å². The summed E-state index contributed by atoms with van der Waals surface area (Å²) in [5.74, 6) is -0.408. The van der Waals surface area contributed by atoms with E-state index in [1.54, 1.807) is 72.3 Å². The van der Waals surface area contributed by atoms with Crippen molar-refractivity contribution in [1.29, 1.82) is 0 Å². The molecule has 0 radical (unpaired) electrons. The first kappa shape index (κ1) is 28.3. The fourth-order valence-electron chi connectivity index (χ4n) is 6.67. The number of carbonyl (C=O) groups is 3. The average Bonchev–Trinajstić information content (AvgIpc) is 3.51. The number of methoxy groups -OCH3 is 1. The van der Waals surface area contributed by atoms with E-state index in [4.69, 9.17) is 9.47 Å². The Morgan fingerprint density at radius 1 is 1.00 bits per heavy atom. The van der Waals surface area contributed by atoms with Gasteiger partial charge in [0.15, 0.2) is 0 Å². The average molecular weight is 568 g/mol. The number of aliphatic hydroxyl groups excluding tert-OH is 1. The quantitative estimate of drug-likeness (QED) is 0.352. The van der Waals surface area contributed by atoms with Gasteiger partial charge in [0.2, 0.25) is 17.7 Å². The topological polar surface area (TPSA) is 117 Å². The van der Waals surface area contributed by atoms with Crippen molar-refractivity contribution in [3.63, 3.8) is 0 Å². The second kappa shape index (κ2) is 11.3. The third kappa shape index (κ3) is 4.92. The molecule has 214 valence electrons. The minimum atomic E-state index is -0.721. The molecule has 3 aliphatic rings. The van der Waals surface area contributed by atoms with Gasteiger partial charge in [0.05, 0.1) is 30.3 Å². The zero-order valence-corrected chi connectivity index (χ0v) is 24.0. The molecular formula is C30H37N3O6S. The van der Waals surface area contributed by atoms with E-state index in [1.165, 1.54) is 0 Å². The molecule has 3 saturated heterocycles. The van der Waals surface area contributed by atoms with Gasteiger partial charge in [0.1, 0.15) is 17.5 Å². The first-order chi connectivity index (χ1) is 19.3. The molecule has 0 saturated carbocycles. The second-order valence-corrected chi connectivity index (χ2v) is 12.8. The number of nitrogens with one attached hydrogen (secondary N) is 2. The molecule has 5 atom stereocenters. The van der Waals surface area contributed by atoms with Gasteiger partial charge in [-0.1, -0.05) is 0 Å². The Bertz CT molecular complexity index is 1260. The molecule has 0 aromatic heterocycles. The molecule has 5 rings (SSSR count). The lowest BCUT2D eigenvalue weighted by Gasteiger charge is -2.34. The van der Waals surface area contributed by atoms with Gasteiger partial charge in [-0.15, -0.1) is 11.8 Å². The minimum absolute atomic E-state index is 0.0131. The number of carbonyl (C=O) groups excluding carboxylic acids is 3.